The number of nitrogens with zero attached hydrogens (tertiary/aromatic N) is 2. The first-order chi connectivity index (χ1) is 14.1. The SMILES string of the molecule is CO/C=C(/C(=O)OC)c1ccccc1Oc1cc(Oc2ccccc2S)ncn1. The lowest BCUT2D eigenvalue weighted by atomic mass is 10.1. The minimum atomic E-state index is -0.556. The zero-order chi connectivity index (χ0) is 20.6. The number of ether oxygens (including phenoxy) is 4. The molecule has 0 aliphatic rings. The van der Waals surface area contributed by atoms with Gasteiger partial charge in [0.15, 0.2) is 0 Å². The van der Waals surface area contributed by atoms with Gasteiger partial charge in [-0.1, -0.05) is 30.3 Å². The number of benzene rings is 2. The van der Waals surface area contributed by atoms with Crippen molar-refractivity contribution in [3.05, 3.63) is 72.8 Å². The second kappa shape index (κ2) is 9.61. The van der Waals surface area contributed by atoms with Crippen LogP contribution in [0.2, 0.25) is 0 Å². The van der Waals surface area contributed by atoms with Gasteiger partial charge >= 0.3 is 5.97 Å². The highest BCUT2D eigenvalue weighted by molar-refractivity contribution is 7.80. The fourth-order valence-corrected chi connectivity index (χ4v) is 2.64. The molecule has 0 amide bonds. The van der Waals surface area contributed by atoms with Crippen LogP contribution in [0.4, 0.5) is 0 Å². The molecule has 0 aliphatic heterocycles. The quantitative estimate of drug-likeness (QED) is 0.266. The van der Waals surface area contributed by atoms with Gasteiger partial charge in [0, 0.05) is 10.5 Å². The van der Waals surface area contributed by atoms with E-state index < -0.39 is 5.97 Å². The summed E-state index contributed by atoms with van der Waals surface area (Å²) in [4.78, 5) is 21.0. The first kappa shape index (κ1) is 20.2. The molecule has 0 saturated heterocycles. The van der Waals surface area contributed by atoms with Crippen molar-refractivity contribution in [1.29, 1.82) is 0 Å². The van der Waals surface area contributed by atoms with Crippen molar-refractivity contribution in [3.8, 4) is 23.3 Å². The number of thiol groups is 1. The summed E-state index contributed by atoms with van der Waals surface area (Å²) < 4.78 is 21.5. The topological polar surface area (TPSA) is 79.8 Å². The summed E-state index contributed by atoms with van der Waals surface area (Å²) in [5.74, 6) is 0.910. The highest BCUT2D eigenvalue weighted by atomic mass is 32.1. The largest absolute Gasteiger partial charge is 0.503 e. The van der Waals surface area contributed by atoms with E-state index in [9.17, 15) is 4.79 Å². The Hall–Kier alpha value is -3.52. The van der Waals surface area contributed by atoms with E-state index in [1.165, 1.54) is 32.9 Å². The number of carbonyl (C=O) groups is 1. The Morgan fingerprint density at radius 1 is 0.931 bits per heavy atom. The van der Waals surface area contributed by atoms with E-state index in [0.717, 1.165) is 0 Å². The third kappa shape index (κ3) is 5.05. The normalized spacial score (nSPS) is 10.9. The van der Waals surface area contributed by atoms with Crippen molar-refractivity contribution in [2.75, 3.05) is 14.2 Å². The summed E-state index contributed by atoms with van der Waals surface area (Å²) in [6.45, 7) is 0. The summed E-state index contributed by atoms with van der Waals surface area (Å²) in [5.41, 5.74) is 0.697. The van der Waals surface area contributed by atoms with Gasteiger partial charge in [-0.15, -0.1) is 12.6 Å². The van der Waals surface area contributed by atoms with Crippen LogP contribution in [-0.2, 0) is 14.3 Å². The van der Waals surface area contributed by atoms with Gasteiger partial charge in [-0.2, -0.15) is 0 Å². The van der Waals surface area contributed by atoms with E-state index >= 15 is 0 Å². The predicted molar refractivity (Wildman–Crippen MR) is 109 cm³/mol. The van der Waals surface area contributed by atoms with E-state index in [2.05, 4.69) is 22.6 Å². The van der Waals surface area contributed by atoms with Crippen LogP contribution in [0.15, 0.2) is 72.1 Å². The molecule has 0 spiro atoms. The third-order valence-electron chi connectivity index (χ3n) is 3.73. The van der Waals surface area contributed by atoms with Crippen LogP contribution in [0.5, 0.6) is 23.3 Å². The number of hydrogen-bond donors (Lipinski definition) is 1. The molecule has 0 aliphatic carbocycles. The molecule has 0 saturated carbocycles. The van der Waals surface area contributed by atoms with Gasteiger partial charge in [0.25, 0.3) is 0 Å². The van der Waals surface area contributed by atoms with Crippen molar-refractivity contribution >= 4 is 24.2 Å². The van der Waals surface area contributed by atoms with Crippen LogP contribution in [0.25, 0.3) is 5.57 Å². The molecule has 7 nitrogen and oxygen atoms in total. The smallest absolute Gasteiger partial charge is 0.341 e. The lowest BCUT2D eigenvalue weighted by molar-refractivity contribution is -0.133. The standard InChI is InChI=1S/C21H18N2O5S/c1-25-12-15(21(24)26-2)14-7-3-4-8-16(14)27-19-11-20(23-13-22-19)28-17-9-5-6-10-18(17)29/h3-13,29H,1-2H3/b15-12+. The minimum Gasteiger partial charge on any atom is -0.503 e. The Balaban J connectivity index is 1.89. The first-order valence-electron chi connectivity index (χ1n) is 8.48. The van der Waals surface area contributed by atoms with Crippen LogP contribution < -0.4 is 9.47 Å². The zero-order valence-electron chi connectivity index (χ0n) is 15.7. The van der Waals surface area contributed by atoms with Gasteiger partial charge in [0.2, 0.25) is 11.8 Å². The van der Waals surface area contributed by atoms with E-state index in [-0.39, 0.29) is 17.3 Å². The molecule has 29 heavy (non-hydrogen) atoms. The Kier molecular flexibility index (Phi) is 6.70. The van der Waals surface area contributed by atoms with Gasteiger partial charge in [-0.25, -0.2) is 14.8 Å². The van der Waals surface area contributed by atoms with E-state index in [1.807, 2.05) is 18.2 Å². The van der Waals surface area contributed by atoms with Crippen LogP contribution in [-0.4, -0.2) is 30.2 Å². The second-order valence-electron chi connectivity index (χ2n) is 5.62. The Morgan fingerprint density at radius 2 is 1.55 bits per heavy atom. The maximum absolute atomic E-state index is 12.1. The molecule has 0 atom stereocenters. The average molecular weight is 410 g/mol. The van der Waals surface area contributed by atoms with Crippen molar-refractivity contribution < 1.29 is 23.7 Å². The molecule has 0 bridgehead atoms. The maximum atomic E-state index is 12.1. The van der Waals surface area contributed by atoms with Crippen molar-refractivity contribution in [1.82, 2.24) is 9.97 Å². The predicted octanol–water partition coefficient (Wildman–Crippen LogP) is 4.51. The highest BCUT2D eigenvalue weighted by Gasteiger charge is 2.18. The molecule has 2 aromatic carbocycles. The number of rotatable bonds is 7. The number of aromatic nitrogens is 2. The fraction of sp³-hybridized carbons (Fsp3) is 0.0952. The number of carbonyl (C=O) groups excluding carboxylic acids is 1. The molecular formula is C21H18N2O5S. The molecule has 0 fully saturated rings. The Bertz CT molecular complexity index is 1040. The minimum absolute atomic E-state index is 0.208. The van der Waals surface area contributed by atoms with Crippen molar-refractivity contribution in [2.45, 2.75) is 4.90 Å². The molecule has 0 unspecified atom stereocenters. The molecule has 1 heterocycles. The highest BCUT2D eigenvalue weighted by Crippen LogP contribution is 2.32. The number of hydrogen-bond acceptors (Lipinski definition) is 8. The van der Waals surface area contributed by atoms with Crippen molar-refractivity contribution in [2.24, 2.45) is 0 Å². The molecule has 0 N–H and O–H groups in total. The Morgan fingerprint density at radius 3 is 2.21 bits per heavy atom. The lowest BCUT2D eigenvalue weighted by Crippen LogP contribution is -2.06. The number of methoxy groups -OCH3 is 2. The van der Waals surface area contributed by atoms with Crippen LogP contribution in [0, 0.1) is 0 Å². The Labute approximate surface area is 173 Å². The van der Waals surface area contributed by atoms with Gasteiger partial charge < -0.3 is 18.9 Å². The van der Waals surface area contributed by atoms with E-state index in [4.69, 9.17) is 18.9 Å². The maximum Gasteiger partial charge on any atom is 0.341 e. The molecule has 8 heteroatoms. The van der Waals surface area contributed by atoms with Crippen molar-refractivity contribution in [3.63, 3.8) is 0 Å². The van der Waals surface area contributed by atoms with Gasteiger partial charge in [0.1, 0.15) is 23.4 Å². The number of esters is 1. The summed E-state index contributed by atoms with van der Waals surface area (Å²) >= 11 is 4.36. The molecule has 1 aromatic heterocycles. The van der Waals surface area contributed by atoms with Crippen LogP contribution >= 0.6 is 12.6 Å². The fourth-order valence-electron chi connectivity index (χ4n) is 2.43. The van der Waals surface area contributed by atoms with E-state index in [1.54, 1.807) is 30.3 Å². The average Bonchev–Trinajstić information content (AvgIpc) is 2.74. The lowest BCUT2D eigenvalue weighted by Gasteiger charge is -2.12. The molecule has 3 aromatic rings. The molecule has 0 radical (unpaired) electrons. The third-order valence-corrected chi connectivity index (χ3v) is 4.10. The van der Waals surface area contributed by atoms with Gasteiger partial charge in [-0.3, -0.25) is 0 Å². The van der Waals surface area contributed by atoms with Crippen LogP contribution in [0.3, 0.4) is 0 Å². The molecule has 3 rings (SSSR count). The summed E-state index contributed by atoms with van der Waals surface area (Å²) in [6.07, 6.45) is 2.62. The summed E-state index contributed by atoms with van der Waals surface area (Å²) in [5, 5.41) is 0. The molecule has 148 valence electrons. The monoisotopic (exact) mass is 410 g/mol. The molecular weight excluding hydrogens is 392 g/mol. The zero-order valence-corrected chi connectivity index (χ0v) is 16.6. The van der Waals surface area contributed by atoms with Gasteiger partial charge in [-0.05, 0) is 18.2 Å². The number of para-hydroxylation sites is 2. The van der Waals surface area contributed by atoms with E-state index in [0.29, 0.717) is 22.0 Å². The summed E-state index contributed by atoms with van der Waals surface area (Å²) in [6, 6.07) is 15.8. The first-order valence-corrected chi connectivity index (χ1v) is 8.93. The van der Waals surface area contributed by atoms with Crippen LogP contribution in [0.1, 0.15) is 5.56 Å². The second-order valence-corrected chi connectivity index (χ2v) is 6.10. The summed E-state index contributed by atoms with van der Waals surface area (Å²) in [7, 11) is 2.74. The van der Waals surface area contributed by atoms with Gasteiger partial charge in [0.05, 0.1) is 26.5 Å².